The number of aromatic nitrogens is 1. The average molecular weight is 424 g/mol. The minimum atomic E-state index is -1.75. The Morgan fingerprint density at radius 3 is 2.42 bits per heavy atom. The predicted octanol–water partition coefficient (Wildman–Crippen LogP) is 3.13. The molecule has 0 radical (unpaired) electrons. The molecule has 1 atom stereocenters. The number of fused-ring (bicyclic) bond motifs is 1. The Kier molecular flexibility index (Phi) is 6.29. The van der Waals surface area contributed by atoms with Gasteiger partial charge in [0.25, 0.3) is 5.91 Å². The van der Waals surface area contributed by atoms with Crippen LogP contribution in [0, 0.1) is 19.3 Å². The molecule has 3 rings (SSSR count). The van der Waals surface area contributed by atoms with E-state index >= 15 is 0 Å². The first-order valence-electron chi connectivity index (χ1n) is 10.1. The second-order valence-electron chi connectivity index (χ2n) is 8.96. The van der Waals surface area contributed by atoms with E-state index in [-0.39, 0.29) is 19.4 Å². The summed E-state index contributed by atoms with van der Waals surface area (Å²) < 4.78 is 4.73. The zero-order valence-electron chi connectivity index (χ0n) is 18.2. The van der Waals surface area contributed by atoms with Crippen LogP contribution in [0.3, 0.4) is 0 Å². The van der Waals surface area contributed by atoms with E-state index < -0.39 is 22.5 Å². The summed E-state index contributed by atoms with van der Waals surface area (Å²) in [7, 11) is 0. The summed E-state index contributed by atoms with van der Waals surface area (Å²) in [6.45, 7) is 7.09. The van der Waals surface area contributed by atoms with E-state index in [1.165, 1.54) is 0 Å². The number of carbonyl (C=O) groups excluding carboxylic acids is 1. The van der Waals surface area contributed by atoms with E-state index in [4.69, 9.17) is 4.52 Å². The van der Waals surface area contributed by atoms with Gasteiger partial charge in [0.2, 0.25) is 0 Å². The van der Waals surface area contributed by atoms with Gasteiger partial charge >= 0.3 is 5.63 Å². The number of benzene rings is 2. The van der Waals surface area contributed by atoms with E-state index in [2.05, 4.69) is 10.5 Å². The van der Waals surface area contributed by atoms with Crippen LogP contribution in [0.2, 0.25) is 0 Å². The Balaban J connectivity index is 1.94. The van der Waals surface area contributed by atoms with Crippen molar-refractivity contribution in [3.05, 3.63) is 69.7 Å². The van der Waals surface area contributed by atoms with Crippen LogP contribution in [0.15, 0.2) is 51.8 Å². The molecule has 7 nitrogen and oxygen atoms in total. The summed E-state index contributed by atoms with van der Waals surface area (Å²) in [6.07, 6.45) is 0.161. The first kappa shape index (κ1) is 22.7. The lowest BCUT2D eigenvalue weighted by molar-refractivity contribution is -0.138. The number of rotatable bonds is 7. The van der Waals surface area contributed by atoms with Gasteiger partial charge in [-0.15, -0.1) is 0 Å². The van der Waals surface area contributed by atoms with Gasteiger partial charge in [0, 0.05) is 24.1 Å². The van der Waals surface area contributed by atoms with Gasteiger partial charge in [-0.1, -0.05) is 48.8 Å². The third kappa shape index (κ3) is 5.18. The minimum Gasteiger partial charge on any atom is -0.396 e. The summed E-state index contributed by atoms with van der Waals surface area (Å²) >= 11 is 0. The fourth-order valence-corrected chi connectivity index (χ4v) is 3.67. The van der Waals surface area contributed by atoms with Gasteiger partial charge < -0.3 is 20.1 Å². The van der Waals surface area contributed by atoms with Crippen LogP contribution in [-0.4, -0.2) is 33.5 Å². The van der Waals surface area contributed by atoms with Gasteiger partial charge in [0.1, 0.15) is 5.60 Å². The van der Waals surface area contributed by atoms with Crippen LogP contribution < -0.4 is 10.9 Å². The van der Waals surface area contributed by atoms with Crippen molar-refractivity contribution in [1.29, 1.82) is 0 Å². The van der Waals surface area contributed by atoms with Crippen LogP contribution in [0.25, 0.3) is 10.8 Å². The molecule has 0 aliphatic rings. The molecule has 0 saturated carbocycles. The fraction of sp³-hybridized carbons (Fsp3) is 0.375. The highest BCUT2D eigenvalue weighted by atomic mass is 16.5. The maximum Gasteiger partial charge on any atom is 0.366 e. The van der Waals surface area contributed by atoms with Gasteiger partial charge in [-0.25, -0.2) is 4.79 Å². The molecule has 2 aromatic carbocycles. The number of amides is 1. The third-order valence-electron chi connectivity index (χ3n) is 5.39. The van der Waals surface area contributed by atoms with E-state index in [9.17, 15) is 19.8 Å². The lowest BCUT2D eigenvalue weighted by Gasteiger charge is -2.34. The second kappa shape index (κ2) is 8.61. The van der Waals surface area contributed by atoms with Gasteiger partial charge in [0.15, 0.2) is 0 Å². The van der Waals surface area contributed by atoms with Crippen molar-refractivity contribution in [1.82, 2.24) is 5.16 Å². The lowest BCUT2D eigenvalue weighted by Crippen LogP contribution is -2.48. The molecule has 31 heavy (non-hydrogen) atoms. The molecule has 1 aromatic heterocycles. The maximum atomic E-state index is 13.2. The molecule has 0 aliphatic heterocycles. The molecule has 1 amide bonds. The highest BCUT2D eigenvalue weighted by molar-refractivity contribution is 5.99. The summed E-state index contributed by atoms with van der Waals surface area (Å²) in [5.41, 5.74) is -0.137. The Labute approximate surface area is 180 Å². The van der Waals surface area contributed by atoms with Crippen LogP contribution in [-0.2, 0) is 11.2 Å². The molecule has 0 fully saturated rings. The number of aliphatic hydroxyl groups excluding tert-OH is 1. The zero-order valence-corrected chi connectivity index (χ0v) is 18.2. The summed E-state index contributed by atoms with van der Waals surface area (Å²) in [5, 5.41) is 28.6. The molecular formula is C24H28N2O5. The average Bonchev–Trinajstić information content (AvgIpc) is 2.72. The summed E-state index contributed by atoms with van der Waals surface area (Å²) in [6, 6.07) is 12.4. The molecule has 0 aliphatic carbocycles. The van der Waals surface area contributed by atoms with Crippen molar-refractivity contribution < 1.29 is 19.5 Å². The first-order valence-corrected chi connectivity index (χ1v) is 10.1. The molecule has 3 aromatic rings. The van der Waals surface area contributed by atoms with Crippen molar-refractivity contribution in [2.75, 3.05) is 11.9 Å². The predicted molar refractivity (Wildman–Crippen MR) is 119 cm³/mol. The van der Waals surface area contributed by atoms with Gasteiger partial charge in [-0.3, -0.25) is 4.79 Å². The Morgan fingerprint density at radius 2 is 1.77 bits per heavy atom. The number of carbonyl (C=O) groups is 1. The van der Waals surface area contributed by atoms with Crippen molar-refractivity contribution in [3.63, 3.8) is 0 Å². The molecule has 0 bridgehead atoms. The van der Waals surface area contributed by atoms with Crippen molar-refractivity contribution in [3.8, 4) is 0 Å². The van der Waals surface area contributed by atoms with Crippen molar-refractivity contribution >= 4 is 22.4 Å². The highest BCUT2D eigenvalue weighted by Crippen LogP contribution is 2.32. The number of nitrogens with zero attached hydrogens (tertiary/aromatic N) is 1. The van der Waals surface area contributed by atoms with Crippen molar-refractivity contribution in [2.24, 2.45) is 5.41 Å². The van der Waals surface area contributed by atoms with Crippen molar-refractivity contribution in [2.45, 2.75) is 46.1 Å². The Bertz CT molecular complexity index is 1150. The van der Waals surface area contributed by atoms with Crippen LogP contribution >= 0.6 is 0 Å². The number of hydrogen-bond acceptors (Lipinski definition) is 6. The lowest BCUT2D eigenvalue weighted by atomic mass is 9.77. The quantitative estimate of drug-likeness (QED) is 0.537. The minimum absolute atomic E-state index is 0.0635. The van der Waals surface area contributed by atoms with Gasteiger partial charge in [0.05, 0.1) is 11.1 Å². The topological polar surface area (TPSA) is 113 Å². The van der Waals surface area contributed by atoms with Gasteiger partial charge in [-0.05, 0) is 49.4 Å². The zero-order chi connectivity index (χ0) is 22.8. The Morgan fingerprint density at radius 1 is 1.10 bits per heavy atom. The number of aryl methyl sites for hydroxylation is 2. The van der Waals surface area contributed by atoms with Gasteiger partial charge in [-0.2, -0.15) is 0 Å². The Hall–Kier alpha value is -3.03. The monoisotopic (exact) mass is 424 g/mol. The second-order valence-corrected chi connectivity index (χ2v) is 8.96. The van der Waals surface area contributed by atoms with E-state index in [1.807, 2.05) is 31.2 Å². The van der Waals surface area contributed by atoms with E-state index in [1.54, 1.807) is 39.0 Å². The third-order valence-corrected chi connectivity index (χ3v) is 5.39. The van der Waals surface area contributed by atoms with Crippen LogP contribution in [0.4, 0.5) is 5.69 Å². The summed E-state index contributed by atoms with van der Waals surface area (Å²) in [4.78, 5) is 25.1. The van der Waals surface area contributed by atoms with E-state index in [0.29, 0.717) is 22.2 Å². The normalized spacial score (nSPS) is 13.7. The van der Waals surface area contributed by atoms with Crippen LogP contribution in [0.5, 0.6) is 0 Å². The molecule has 3 N–H and O–H groups in total. The standard InChI is InChI=1S/C24H28N2O5/c1-15-5-7-17(8-6-15)12-24(30,13-23(3,4)14-27)22(29)25-18-9-10-19-20(11-18)16(2)26-31-21(19)28/h5-11,27,30H,12-14H2,1-4H3,(H,25,29). The molecule has 164 valence electrons. The summed E-state index contributed by atoms with van der Waals surface area (Å²) in [5.74, 6) is -0.581. The smallest absolute Gasteiger partial charge is 0.366 e. The first-order chi connectivity index (χ1) is 14.5. The fourth-order valence-electron chi connectivity index (χ4n) is 3.67. The number of hydrogen-bond donors (Lipinski definition) is 3. The molecular weight excluding hydrogens is 396 g/mol. The largest absolute Gasteiger partial charge is 0.396 e. The number of nitrogens with one attached hydrogen (secondary N) is 1. The van der Waals surface area contributed by atoms with Crippen LogP contribution in [0.1, 0.15) is 37.1 Å². The molecule has 1 heterocycles. The van der Waals surface area contributed by atoms with E-state index in [0.717, 1.165) is 11.1 Å². The maximum absolute atomic E-state index is 13.2. The highest BCUT2D eigenvalue weighted by Gasteiger charge is 2.41. The number of aliphatic hydroxyl groups is 2. The number of anilines is 1. The molecule has 0 saturated heterocycles. The SMILES string of the molecule is Cc1ccc(CC(O)(CC(C)(C)CO)C(=O)Nc2ccc3c(=O)onc(C)c3c2)cc1. The molecule has 1 unspecified atom stereocenters. The molecule has 0 spiro atoms. The molecule has 7 heteroatoms.